The molecule has 1 aliphatic rings. The van der Waals surface area contributed by atoms with Crippen LogP contribution in [0.15, 0.2) is 0 Å². The molecule has 0 saturated heterocycles. The Morgan fingerprint density at radius 1 is 0.438 bits per heavy atom. The topological polar surface area (TPSA) is 0 Å². The molecule has 1 heterocycles. The van der Waals surface area contributed by atoms with Crippen molar-refractivity contribution in [3.63, 3.8) is 0 Å². The van der Waals surface area contributed by atoms with E-state index in [4.69, 9.17) is 0 Å². The predicted octanol–water partition coefficient (Wildman–Crippen LogP) is 1.89. The SMILES string of the molecule is C1#C[Se]CCCC[Se]C#C[Se]CCCC[Se]1. The Hall–Kier alpha value is 1.20. The Morgan fingerprint density at radius 2 is 0.688 bits per heavy atom. The molecular weight excluding hydrogens is 460 g/mol. The maximum absolute atomic E-state index is 3.39. The zero-order chi connectivity index (χ0) is 11.3. The third-order valence-corrected chi connectivity index (χ3v) is 9.37. The van der Waals surface area contributed by atoms with Crippen molar-refractivity contribution in [3.05, 3.63) is 0 Å². The van der Waals surface area contributed by atoms with Crippen molar-refractivity contribution in [1.29, 1.82) is 0 Å². The van der Waals surface area contributed by atoms with Crippen LogP contribution in [0.5, 0.6) is 0 Å². The fourth-order valence-electron chi connectivity index (χ4n) is 1.02. The van der Waals surface area contributed by atoms with Crippen molar-refractivity contribution in [2.24, 2.45) is 0 Å². The summed E-state index contributed by atoms with van der Waals surface area (Å²) in [5, 5.41) is 5.46. The van der Waals surface area contributed by atoms with Crippen LogP contribution in [0.4, 0.5) is 0 Å². The number of rotatable bonds is 0. The standard InChI is InChI=1S/C12H16Se4/c1-2-6-14-11-12-16-8-4-3-7-15-10-9-13-5-1/h1-8H2. The Kier molecular flexibility index (Phi) is 12.1. The van der Waals surface area contributed by atoms with Crippen molar-refractivity contribution in [2.75, 3.05) is 0 Å². The Morgan fingerprint density at radius 3 is 0.938 bits per heavy atom. The molecule has 0 amide bonds. The van der Waals surface area contributed by atoms with Gasteiger partial charge >= 0.3 is 126 Å². The third kappa shape index (κ3) is 10.4. The predicted molar refractivity (Wildman–Crippen MR) is 76.3 cm³/mol. The van der Waals surface area contributed by atoms with Crippen LogP contribution in [-0.2, 0) is 0 Å². The van der Waals surface area contributed by atoms with E-state index in [-0.39, 0.29) is 0 Å². The second-order valence-electron chi connectivity index (χ2n) is 3.22. The van der Waals surface area contributed by atoms with Gasteiger partial charge in [0.25, 0.3) is 0 Å². The first-order valence-electron chi connectivity index (χ1n) is 5.47. The summed E-state index contributed by atoms with van der Waals surface area (Å²) in [6.07, 6.45) is 5.54. The molecule has 0 spiro atoms. The van der Waals surface area contributed by atoms with Crippen LogP contribution in [0, 0.1) is 19.3 Å². The Labute approximate surface area is 125 Å². The van der Waals surface area contributed by atoms with Gasteiger partial charge in [-0.3, -0.25) is 0 Å². The van der Waals surface area contributed by atoms with Gasteiger partial charge in [-0.15, -0.1) is 0 Å². The van der Waals surface area contributed by atoms with Gasteiger partial charge in [-0.25, -0.2) is 0 Å². The fourth-order valence-corrected chi connectivity index (χ4v) is 7.86. The maximum atomic E-state index is 3.39. The van der Waals surface area contributed by atoms with Crippen LogP contribution < -0.4 is 0 Å². The van der Waals surface area contributed by atoms with Gasteiger partial charge in [0, 0.05) is 0 Å². The van der Waals surface area contributed by atoms with E-state index < -0.39 is 0 Å². The van der Waals surface area contributed by atoms with Gasteiger partial charge in [0.15, 0.2) is 0 Å². The Bertz CT molecular complexity index is 225. The monoisotopic (exact) mass is 480 g/mol. The molecule has 0 saturated carbocycles. The summed E-state index contributed by atoms with van der Waals surface area (Å²) < 4.78 is 0. The van der Waals surface area contributed by atoms with Crippen LogP contribution in [0.25, 0.3) is 0 Å². The van der Waals surface area contributed by atoms with E-state index in [2.05, 4.69) is 19.3 Å². The quantitative estimate of drug-likeness (QED) is 0.371. The molecule has 0 aliphatic carbocycles. The van der Waals surface area contributed by atoms with Crippen molar-refractivity contribution < 1.29 is 0 Å². The molecule has 88 valence electrons. The Balaban J connectivity index is 2.18. The summed E-state index contributed by atoms with van der Waals surface area (Å²) in [7, 11) is 0. The van der Waals surface area contributed by atoms with Gasteiger partial charge in [0.2, 0.25) is 0 Å². The summed E-state index contributed by atoms with van der Waals surface area (Å²) in [6.45, 7) is 0. The fraction of sp³-hybridized carbons (Fsp3) is 0.667. The van der Waals surface area contributed by atoms with Gasteiger partial charge in [0.1, 0.15) is 0 Å². The average Bonchev–Trinajstić information content (AvgIpc) is 2.29. The summed E-state index contributed by atoms with van der Waals surface area (Å²) in [5.74, 6) is 0. The van der Waals surface area contributed by atoms with Crippen LogP contribution in [0.2, 0.25) is 21.3 Å². The van der Waals surface area contributed by atoms with E-state index in [0.29, 0.717) is 59.8 Å². The van der Waals surface area contributed by atoms with Crippen LogP contribution >= 0.6 is 0 Å². The molecule has 0 nitrogen and oxygen atoms in total. The van der Waals surface area contributed by atoms with E-state index >= 15 is 0 Å². The zero-order valence-corrected chi connectivity index (χ0v) is 16.1. The van der Waals surface area contributed by atoms with Crippen LogP contribution in [-0.4, -0.2) is 59.8 Å². The molecule has 0 aromatic carbocycles. The van der Waals surface area contributed by atoms with Crippen molar-refractivity contribution >= 4 is 59.8 Å². The minimum absolute atomic E-state index is 0.612. The molecule has 16 heavy (non-hydrogen) atoms. The molecule has 0 radical (unpaired) electrons. The van der Waals surface area contributed by atoms with Gasteiger partial charge in [-0.1, -0.05) is 0 Å². The average molecular weight is 476 g/mol. The number of hydrogen-bond donors (Lipinski definition) is 0. The summed E-state index contributed by atoms with van der Waals surface area (Å²) in [5.41, 5.74) is 0. The summed E-state index contributed by atoms with van der Waals surface area (Å²) in [6, 6.07) is 0. The minimum atomic E-state index is 0.612. The second-order valence-corrected chi connectivity index (χ2v) is 10.8. The van der Waals surface area contributed by atoms with Gasteiger partial charge in [-0.2, -0.15) is 0 Å². The van der Waals surface area contributed by atoms with E-state index in [9.17, 15) is 0 Å². The molecule has 0 aromatic rings. The van der Waals surface area contributed by atoms with Crippen LogP contribution in [0.3, 0.4) is 0 Å². The van der Waals surface area contributed by atoms with E-state index in [0.717, 1.165) is 0 Å². The molecule has 0 aromatic heterocycles. The normalized spacial score (nSPS) is 20.0. The first-order valence-corrected chi connectivity index (χ1v) is 13.7. The van der Waals surface area contributed by atoms with Crippen molar-refractivity contribution in [3.8, 4) is 19.3 Å². The molecular formula is C12H16Se4. The molecule has 0 fully saturated rings. The zero-order valence-electron chi connectivity index (χ0n) is 9.29. The summed E-state index contributed by atoms with van der Waals surface area (Å²) in [4.78, 5) is 13.6. The molecule has 0 atom stereocenters. The van der Waals surface area contributed by atoms with Crippen molar-refractivity contribution in [1.82, 2.24) is 0 Å². The first kappa shape index (κ1) is 15.3. The molecule has 0 N–H and O–H groups in total. The number of hydrogen-bond acceptors (Lipinski definition) is 0. The second kappa shape index (κ2) is 12.6. The first-order chi connectivity index (χ1) is 8.00. The van der Waals surface area contributed by atoms with Gasteiger partial charge in [-0.05, 0) is 0 Å². The third-order valence-electron chi connectivity index (χ3n) is 1.86. The van der Waals surface area contributed by atoms with E-state index in [1.807, 2.05) is 0 Å². The van der Waals surface area contributed by atoms with Crippen LogP contribution in [0.1, 0.15) is 25.7 Å². The molecule has 1 rings (SSSR count). The van der Waals surface area contributed by atoms with Gasteiger partial charge < -0.3 is 0 Å². The van der Waals surface area contributed by atoms with Crippen molar-refractivity contribution in [2.45, 2.75) is 47.0 Å². The van der Waals surface area contributed by atoms with Gasteiger partial charge in [0.05, 0.1) is 0 Å². The molecule has 0 unspecified atom stereocenters. The molecule has 0 bridgehead atoms. The molecule has 1 aliphatic heterocycles. The molecule has 4 heteroatoms. The van der Waals surface area contributed by atoms with E-state index in [1.54, 1.807) is 0 Å². The van der Waals surface area contributed by atoms with E-state index in [1.165, 1.54) is 47.0 Å². The summed E-state index contributed by atoms with van der Waals surface area (Å²) >= 11 is 2.45.